The van der Waals surface area contributed by atoms with Crippen LogP contribution in [-0.4, -0.2) is 39.1 Å². The van der Waals surface area contributed by atoms with Gasteiger partial charge in [0.1, 0.15) is 11.4 Å². The minimum atomic E-state index is -1.33. The van der Waals surface area contributed by atoms with Crippen molar-refractivity contribution in [2.24, 2.45) is 0 Å². The Hall–Kier alpha value is -2.90. The second kappa shape index (κ2) is 7.33. The van der Waals surface area contributed by atoms with Gasteiger partial charge in [-0.25, -0.2) is 14.0 Å². The maximum Gasteiger partial charge on any atom is 0.407 e. The Kier molecular flexibility index (Phi) is 5.41. The molecule has 2 N–H and O–H groups in total. The van der Waals surface area contributed by atoms with Gasteiger partial charge < -0.3 is 15.2 Å². The first-order chi connectivity index (χ1) is 11.7. The molecule has 1 amide bonds. The molecule has 0 radical (unpaired) electrons. The average Bonchev–Trinajstić information content (AvgIpc) is 2.94. The van der Waals surface area contributed by atoms with Gasteiger partial charge in [-0.2, -0.15) is 5.10 Å². The summed E-state index contributed by atoms with van der Waals surface area (Å²) in [5.41, 5.74) is 0.245. The van der Waals surface area contributed by atoms with Crippen LogP contribution in [0.4, 0.5) is 9.18 Å². The third kappa shape index (κ3) is 5.30. The Morgan fingerprint density at radius 3 is 2.68 bits per heavy atom. The van der Waals surface area contributed by atoms with Gasteiger partial charge in [-0.1, -0.05) is 6.07 Å². The second-order valence-corrected chi connectivity index (χ2v) is 6.42. The number of nitrogens with one attached hydrogen (secondary N) is 1. The number of nitrogens with zero attached hydrogens (tertiary/aromatic N) is 2. The molecule has 0 saturated carbocycles. The number of carboxylic acids is 1. The fraction of sp³-hybridized carbons (Fsp3) is 0.353. The van der Waals surface area contributed by atoms with Gasteiger partial charge in [-0.05, 0) is 38.5 Å². The normalized spacial score (nSPS) is 11.2. The van der Waals surface area contributed by atoms with Crippen LogP contribution in [0.1, 0.15) is 31.1 Å². The number of alkyl carbamates (subject to hydrolysis) is 1. The molecule has 1 aromatic heterocycles. The minimum absolute atomic E-state index is 0.319. The lowest BCUT2D eigenvalue weighted by Gasteiger charge is -2.19. The number of carboxylic acid groups (broad SMARTS) is 1. The summed E-state index contributed by atoms with van der Waals surface area (Å²) in [7, 11) is 0. The molecule has 0 atom stereocenters. The number of carbonyl (C=O) groups excluding carboxylic acids is 1. The van der Waals surface area contributed by atoms with Crippen LogP contribution in [0.5, 0.6) is 0 Å². The maximum atomic E-state index is 13.4. The third-order valence-electron chi connectivity index (χ3n) is 3.17. The van der Waals surface area contributed by atoms with Crippen molar-refractivity contribution >= 4 is 12.1 Å². The summed E-state index contributed by atoms with van der Waals surface area (Å²) in [5.74, 6) is -2.11. The van der Waals surface area contributed by atoms with Crippen LogP contribution < -0.4 is 5.32 Å². The highest BCUT2D eigenvalue weighted by molar-refractivity contribution is 5.89. The van der Waals surface area contributed by atoms with Gasteiger partial charge in [0.05, 0.1) is 18.3 Å². The molecular weight excluding hydrogens is 329 g/mol. The van der Waals surface area contributed by atoms with Crippen LogP contribution in [0, 0.1) is 5.82 Å². The van der Waals surface area contributed by atoms with Crippen molar-refractivity contribution in [3.05, 3.63) is 42.0 Å². The fourth-order valence-corrected chi connectivity index (χ4v) is 2.09. The smallest absolute Gasteiger partial charge is 0.407 e. The van der Waals surface area contributed by atoms with Crippen molar-refractivity contribution in [2.45, 2.75) is 32.9 Å². The van der Waals surface area contributed by atoms with Crippen molar-refractivity contribution in [3.8, 4) is 11.1 Å². The van der Waals surface area contributed by atoms with Gasteiger partial charge in [-0.3, -0.25) is 4.68 Å². The average molecular weight is 349 g/mol. The zero-order chi connectivity index (χ0) is 18.6. The molecule has 0 bridgehead atoms. The lowest BCUT2D eigenvalue weighted by molar-refractivity contribution is 0.0525. The van der Waals surface area contributed by atoms with Crippen molar-refractivity contribution in [3.63, 3.8) is 0 Å². The highest BCUT2D eigenvalue weighted by Gasteiger charge is 2.16. The van der Waals surface area contributed by atoms with Crippen LogP contribution >= 0.6 is 0 Å². The molecule has 0 unspecified atom stereocenters. The molecule has 0 aliphatic heterocycles. The van der Waals surface area contributed by atoms with Crippen molar-refractivity contribution in [1.29, 1.82) is 0 Å². The van der Waals surface area contributed by atoms with E-state index in [0.29, 0.717) is 24.2 Å². The monoisotopic (exact) mass is 349 g/mol. The standard InChI is InChI=1S/C17H20FN3O4/c1-17(2,3)25-16(24)19-6-7-21-10-12(9-20-21)11-4-5-14(18)13(8-11)15(22)23/h4-5,8-10H,6-7H2,1-3H3,(H,19,24)(H,22,23). The summed E-state index contributed by atoms with van der Waals surface area (Å²) in [4.78, 5) is 22.6. The van der Waals surface area contributed by atoms with Crippen molar-refractivity contribution < 1.29 is 23.8 Å². The summed E-state index contributed by atoms with van der Waals surface area (Å²) in [6.07, 6.45) is 2.73. The van der Waals surface area contributed by atoms with E-state index in [1.807, 2.05) is 0 Å². The molecule has 2 rings (SSSR count). The molecule has 7 nitrogen and oxygen atoms in total. The zero-order valence-corrected chi connectivity index (χ0v) is 14.2. The number of ether oxygens (including phenoxy) is 1. The Morgan fingerprint density at radius 2 is 2.04 bits per heavy atom. The number of hydrogen-bond acceptors (Lipinski definition) is 4. The summed E-state index contributed by atoms with van der Waals surface area (Å²) in [5, 5.41) is 15.7. The lowest BCUT2D eigenvalue weighted by Crippen LogP contribution is -2.34. The van der Waals surface area contributed by atoms with Crippen LogP contribution in [0.3, 0.4) is 0 Å². The fourth-order valence-electron chi connectivity index (χ4n) is 2.09. The van der Waals surface area contributed by atoms with E-state index in [0.717, 1.165) is 6.07 Å². The van der Waals surface area contributed by atoms with E-state index >= 15 is 0 Å². The molecular formula is C17H20FN3O4. The molecule has 1 heterocycles. The summed E-state index contributed by atoms with van der Waals surface area (Å²) in [6, 6.07) is 3.86. The van der Waals surface area contributed by atoms with Gasteiger partial charge in [-0.15, -0.1) is 0 Å². The lowest BCUT2D eigenvalue weighted by atomic mass is 10.1. The highest BCUT2D eigenvalue weighted by atomic mass is 19.1. The van der Waals surface area contributed by atoms with E-state index < -0.39 is 29.0 Å². The quantitative estimate of drug-likeness (QED) is 0.866. The minimum Gasteiger partial charge on any atom is -0.478 e. The zero-order valence-electron chi connectivity index (χ0n) is 14.2. The van der Waals surface area contributed by atoms with Gasteiger partial charge in [0.2, 0.25) is 0 Å². The molecule has 25 heavy (non-hydrogen) atoms. The van der Waals surface area contributed by atoms with Gasteiger partial charge in [0, 0.05) is 18.3 Å². The van der Waals surface area contributed by atoms with Crippen LogP contribution in [0.25, 0.3) is 11.1 Å². The molecule has 0 spiro atoms. The number of hydrogen-bond donors (Lipinski definition) is 2. The number of halogens is 1. The number of aromatic nitrogens is 2. The molecule has 0 fully saturated rings. The van der Waals surface area contributed by atoms with Gasteiger partial charge in [0.15, 0.2) is 0 Å². The first-order valence-electron chi connectivity index (χ1n) is 7.68. The molecule has 0 saturated heterocycles. The van der Waals surface area contributed by atoms with E-state index in [2.05, 4.69) is 10.4 Å². The van der Waals surface area contributed by atoms with Gasteiger partial charge >= 0.3 is 12.1 Å². The number of aromatic carboxylic acids is 1. The SMILES string of the molecule is CC(C)(C)OC(=O)NCCn1cc(-c2ccc(F)c(C(=O)O)c2)cn1. The molecule has 0 aliphatic rings. The van der Waals surface area contributed by atoms with Crippen LogP contribution in [0.2, 0.25) is 0 Å². The summed E-state index contributed by atoms with van der Waals surface area (Å²) < 4.78 is 20.2. The predicted octanol–water partition coefficient (Wildman–Crippen LogP) is 2.91. The van der Waals surface area contributed by atoms with Crippen LogP contribution in [0.15, 0.2) is 30.6 Å². The summed E-state index contributed by atoms with van der Waals surface area (Å²) in [6.45, 7) is 6.06. The Balaban J connectivity index is 1.98. The number of amides is 1. The molecule has 2 aromatic rings. The second-order valence-electron chi connectivity index (χ2n) is 6.42. The number of carbonyl (C=O) groups is 2. The van der Waals surface area contributed by atoms with E-state index in [-0.39, 0.29) is 0 Å². The largest absolute Gasteiger partial charge is 0.478 e. The topological polar surface area (TPSA) is 93.5 Å². The van der Waals surface area contributed by atoms with Crippen molar-refractivity contribution in [2.75, 3.05) is 6.54 Å². The van der Waals surface area contributed by atoms with Crippen LogP contribution in [-0.2, 0) is 11.3 Å². The first-order valence-corrected chi connectivity index (χ1v) is 7.68. The predicted molar refractivity (Wildman–Crippen MR) is 88.8 cm³/mol. The van der Waals surface area contributed by atoms with E-state index in [9.17, 15) is 14.0 Å². The molecule has 1 aromatic carbocycles. The third-order valence-corrected chi connectivity index (χ3v) is 3.17. The Labute approximate surface area is 144 Å². The van der Waals surface area contributed by atoms with E-state index in [4.69, 9.17) is 9.84 Å². The molecule has 0 aliphatic carbocycles. The molecule has 134 valence electrons. The molecule has 8 heteroatoms. The van der Waals surface area contributed by atoms with Gasteiger partial charge in [0.25, 0.3) is 0 Å². The maximum absolute atomic E-state index is 13.4. The summed E-state index contributed by atoms with van der Waals surface area (Å²) >= 11 is 0. The van der Waals surface area contributed by atoms with Crippen molar-refractivity contribution in [1.82, 2.24) is 15.1 Å². The Morgan fingerprint density at radius 1 is 1.32 bits per heavy atom. The number of rotatable bonds is 5. The Bertz CT molecular complexity index is 780. The number of benzene rings is 1. The van der Waals surface area contributed by atoms with E-state index in [1.54, 1.807) is 37.8 Å². The first kappa shape index (κ1) is 18.4. The highest BCUT2D eigenvalue weighted by Crippen LogP contribution is 2.21. The van der Waals surface area contributed by atoms with E-state index in [1.165, 1.54) is 12.1 Å².